The molecule has 0 saturated carbocycles. The molecule has 5 nitrogen and oxygen atoms in total. The van der Waals surface area contributed by atoms with Gasteiger partial charge in [0.15, 0.2) is 5.82 Å². The highest BCUT2D eigenvalue weighted by Gasteiger charge is 2.10. The van der Waals surface area contributed by atoms with Crippen LogP contribution >= 0.6 is 38.6 Å². The van der Waals surface area contributed by atoms with Gasteiger partial charge >= 0.3 is 0 Å². The van der Waals surface area contributed by atoms with Gasteiger partial charge < -0.3 is 4.74 Å². The molecular weight excluding hydrogens is 434 g/mol. The molecule has 26 heavy (non-hydrogen) atoms. The number of thiazole rings is 1. The van der Waals surface area contributed by atoms with Gasteiger partial charge in [0, 0.05) is 14.9 Å². The molecular formula is C18H12BrN3O2S2. The molecule has 0 radical (unpaired) electrons. The van der Waals surface area contributed by atoms with Crippen molar-refractivity contribution >= 4 is 61.8 Å². The van der Waals surface area contributed by atoms with Gasteiger partial charge in [-0.15, -0.1) is 16.4 Å². The molecule has 0 unspecified atom stereocenters. The molecule has 0 N–H and O–H groups in total. The summed E-state index contributed by atoms with van der Waals surface area (Å²) in [5.41, 5.74) is 0.636. The van der Waals surface area contributed by atoms with Crippen LogP contribution in [0.1, 0.15) is 16.3 Å². The molecule has 0 amide bonds. The highest BCUT2D eigenvalue weighted by molar-refractivity contribution is 9.10. The predicted octanol–water partition coefficient (Wildman–Crippen LogP) is 3.70. The number of rotatable bonds is 4. The van der Waals surface area contributed by atoms with Crippen molar-refractivity contribution in [1.29, 1.82) is 0 Å². The second kappa shape index (κ2) is 7.14. The zero-order chi connectivity index (χ0) is 18.1. The van der Waals surface area contributed by atoms with E-state index in [1.54, 1.807) is 24.5 Å². The second-order valence-electron chi connectivity index (χ2n) is 5.32. The molecule has 130 valence electrons. The van der Waals surface area contributed by atoms with Gasteiger partial charge in [0.05, 0.1) is 11.6 Å². The van der Waals surface area contributed by atoms with E-state index in [9.17, 15) is 4.79 Å². The SMILES string of the molecule is COc1ccc(Br)cc1/C=c1\sc2nc(/C=C/c3cccs3)nn2c1=O. The van der Waals surface area contributed by atoms with Gasteiger partial charge in [0.2, 0.25) is 4.96 Å². The molecule has 0 saturated heterocycles. The van der Waals surface area contributed by atoms with E-state index in [-0.39, 0.29) is 5.56 Å². The first kappa shape index (κ1) is 17.1. The third-order valence-corrected chi connectivity index (χ3v) is 5.91. The Balaban J connectivity index is 1.74. The van der Waals surface area contributed by atoms with Crippen molar-refractivity contribution in [1.82, 2.24) is 14.6 Å². The van der Waals surface area contributed by atoms with Gasteiger partial charge in [-0.2, -0.15) is 9.50 Å². The molecule has 3 heterocycles. The van der Waals surface area contributed by atoms with E-state index in [4.69, 9.17) is 4.74 Å². The van der Waals surface area contributed by atoms with Gasteiger partial charge in [-0.1, -0.05) is 33.3 Å². The topological polar surface area (TPSA) is 56.5 Å². The molecule has 1 aromatic carbocycles. The van der Waals surface area contributed by atoms with Crippen molar-refractivity contribution < 1.29 is 4.74 Å². The van der Waals surface area contributed by atoms with Crippen LogP contribution in [-0.4, -0.2) is 21.7 Å². The van der Waals surface area contributed by atoms with Crippen LogP contribution in [0.4, 0.5) is 0 Å². The Morgan fingerprint density at radius 3 is 2.88 bits per heavy atom. The fraction of sp³-hybridized carbons (Fsp3) is 0.0556. The van der Waals surface area contributed by atoms with Crippen molar-refractivity contribution in [2.45, 2.75) is 0 Å². The molecule has 0 bridgehead atoms. The lowest BCUT2D eigenvalue weighted by atomic mass is 10.2. The third kappa shape index (κ3) is 3.35. The van der Waals surface area contributed by atoms with Gasteiger partial charge in [0.1, 0.15) is 5.75 Å². The van der Waals surface area contributed by atoms with E-state index in [0.29, 0.717) is 21.1 Å². The summed E-state index contributed by atoms with van der Waals surface area (Å²) in [7, 11) is 1.60. The smallest absolute Gasteiger partial charge is 0.291 e. The van der Waals surface area contributed by atoms with Crippen molar-refractivity contribution in [2.24, 2.45) is 0 Å². The van der Waals surface area contributed by atoms with Crippen LogP contribution in [-0.2, 0) is 0 Å². The van der Waals surface area contributed by atoms with Crippen LogP contribution in [0.2, 0.25) is 0 Å². The molecule has 0 fully saturated rings. The second-order valence-corrected chi connectivity index (χ2v) is 8.22. The fourth-order valence-corrected chi connectivity index (χ4v) is 4.32. The summed E-state index contributed by atoms with van der Waals surface area (Å²) in [5, 5.41) is 6.30. The van der Waals surface area contributed by atoms with Gasteiger partial charge in [-0.25, -0.2) is 0 Å². The van der Waals surface area contributed by atoms with E-state index in [1.165, 1.54) is 15.9 Å². The van der Waals surface area contributed by atoms with E-state index in [0.717, 1.165) is 14.9 Å². The Labute approximate surface area is 165 Å². The van der Waals surface area contributed by atoms with Crippen molar-refractivity contribution in [3.05, 3.63) is 71.3 Å². The average molecular weight is 446 g/mol. The van der Waals surface area contributed by atoms with Gasteiger partial charge in [-0.3, -0.25) is 4.79 Å². The molecule has 0 spiro atoms. The van der Waals surface area contributed by atoms with Crippen molar-refractivity contribution in [3.63, 3.8) is 0 Å². The first-order valence-corrected chi connectivity index (χ1v) is 10.1. The molecule has 0 atom stereocenters. The number of hydrogen-bond donors (Lipinski definition) is 0. The van der Waals surface area contributed by atoms with E-state index < -0.39 is 0 Å². The number of fused-ring (bicyclic) bond motifs is 1. The lowest BCUT2D eigenvalue weighted by molar-refractivity contribution is 0.414. The standard InChI is InChI=1S/C18H12BrN3O2S2/c1-24-14-6-4-12(19)9-11(14)10-15-17(23)22-18(26-15)20-16(21-22)7-5-13-3-2-8-25-13/h2-10H,1H3/b7-5+,15-10-. The summed E-state index contributed by atoms with van der Waals surface area (Å²) in [4.78, 5) is 18.7. The van der Waals surface area contributed by atoms with Crippen LogP contribution in [0.25, 0.3) is 23.2 Å². The molecule has 8 heteroatoms. The first-order valence-electron chi connectivity index (χ1n) is 7.60. The third-order valence-electron chi connectivity index (χ3n) is 3.62. The number of hydrogen-bond acceptors (Lipinski definition) is 6. The maximum absolute atomic E-state index is 12.6. The predicted molar refractivity (Wildman–Crippen MR) is 110 cm³/mol. The number of aromatic nitrogens is 3. The van der Waals surface area contributed by atoms with Gasteiger partial charge in [-0.05, 0) is 47.9 Å². The van der Waals surface area contributed by atoms with Crippen LogP contribution < -0.4 is 14.8 Å². The number of nitrogens with zero attached hydrogens (tertiary/aromatic N) is 3. The summed E-state index contributed by atoms with van der Waals surface area (Å²) in [5.74, 6) is 1.22. The summed E-state index contributed by atoms with van der Waals surface area (Å²) in [6, 6.07) is 9.64. The number of halogens is 1. The summed E-state index contributed by atoms with van der Waals surface area (Å²) >= 11 is 6.38. The van der Waals surface area contributed by atoms with Crippen molar-refractivity contribution in [2.75, 3.05) is 7.11 Å². The van der Waals surface area contributed by atoms with Crippen LogP contribution in [0.5, 0.6) is 5.75 Å². The lowest BCUT2D eigenvalue weighted by Crippen LogP contribution is -2.23. The Bertz CT molecular complexity index is 1210. The summed E-state index contributed by atoms with van der Waals surface area (Å²) in [6.07, 6.45) is 5.55. The van der Waals surface area contributed by atoms with Crippen LogP contribution in [0.15, 0.2) is 45.0 Å². The lowest BCUT2D eigenvalue weighted by Gasteiger charge is -2.04. The zero-order valence-electron chi connectivity index (χ0n) is 13.5. The zero-order valence-corrected chi connectivity index (χ0v) is 16.8. The minimum atomic E-state index is -0.185. The number of benzene rings is 1. The van der Waals surface area contributed by atoms with Gasteiger partial charge in [0.25, 0.3) is 5.56 Å². The maximum Gasteiger partial charge on any atom is 0.291 e. The normalized spacial score (nSPS) is 12.5. The minimum Gasteiger partial charge on any atom is -0.496 e. The monoisotopic (exact) mass is 445 g/mol. The number of thiophene rings is 1. The quantitative estimate of drug-likeness (QED) is 0.480. The van der Waals surface area contributed by atoms with Crippen LogP contribution in [0.3, 0.4) is 0 Å². The highest BCUT2D eigenvalue weighted by atomic mass is 79.9. The number of methoxy groups -OCH3 is 1. The minimum absolute atomic E-state index is 0.185. The van der Waals surface area contributed by atoms with Crippen molar-refractivity contribution in [3.8, 4) is 5.75 Å². The largest absolute Gasteiger partial charge is 0.496 e. The molecule has 0 aliphatic carbocycles. The molecule has 0 aliphatic rings. The highest BCUT2D eigenvalue weighted by Crippen LogP contribution is 2.23. The molecule has 0 aliphatic heterocycles. The first-order chi connectivity index (χ1) is 12.6. The average Bonchev–Trinajstić information content (AvgIpc) is 3.33. The Kier molecular flexibility index (Phi) is 4.71. The van der Waals surface area contributed by atoms with Crippen LogP contribution in [0, 0.1) is 0 Å². The number of ether oxygens (including phenoxy) is 1. The molecule has 4 aromatic rings. The Hall–Kier alpha value is -2.29. The fourth-order valence-electron chi connectivity index (χ4n) is 2.42. The molecule has 4 rings (SSSR count). The Morgan fingerprint density at radius 2 is 2.15 bits per heavy atom. The summed E-state index contributed by atoms with van der Waals surface area (Å²) < 4.78 is 8.18. The summed E-state index contributed by atoms with van der Waals surface area (Å²) in [6.45, 7) is 0. The van der Waals surface area contributed by atoms with E-state index in [1.807, 2.05) is 47.9 Å². The maximum atomic E-state index is 12.6. The van der Waals surface area contributed by atoms with E-state index in [2.05, 4.69) is 26.0 Å². The molecule has 3 aromatic heterocycles. The Morgan fingerprint density at radius 1 is 1.27 bits per heavy atom. The van der Waals surface area contributed by atoms with E-state index >= 15 is 0 Å².